The lowest BCUT2D eigenvalue weighted by Gasteiger charge is -2.12. The third-order valence-electron chi connectivity index (χ3n) is 3.63. The summed E-state index contributed by atoms with van der Waals surface area (Å²) in [6.45, 7) is 1.09. The molecule has 0 spiro atoms. The van der Waals surface area contributed by atoms with Crippen molar-refractivity contribution in [3.05, 3.63) is 53.6 Å². The number of aryl methyl sites for hydroxylation is 1. The van der Waals surface area contributed by atoms with E-state index in [0.717, 1.165) is 42.1 Å². The van der Waals surface area contributed by atoms with Crippen LogP contribution in [0.2, 0.25) is 0 Å². The van der Waals surface area contributed by atoms with Gasteiger partial charge in [-0.3, -0.25) is 4.99 Å². The van der Waals surface area contributed by atoms with Crippen molar-refractivity contribution >= 4 is 11.9 Å². The first kappa shape index (κ1) is 13.8. The Morgan fingerprint density at radius 2 is 1.81 bits per heavy atom. The van der Waals surface area contributed by atoms with Crippen molar-refractivity contribution in [3.8, 4) is 11.5 Å². The number of benzene rings is 2. The molecule has 2 aromatic carbocycles. The van der Waals surface area contributed by atoms with Crippen LogP contribution in [0.15, 0.2) is 47.5 Å². The van der Waals surface area contributed by atoms with E-state index in [2.05, 4.69) is 36.1 Å². The number of hydrogen-bond acceptors (Lipinski definition) is 3. The molecule has 0 atom stereocenters. The zero-order valence-corrected chi connectivity index (χ0v) is 12.5. The Bertz CT molecular complexity index is 662. The standard InChI is InChI=1S/C18H20N2O/c1-20(2)12-6-8-14-7-5-11-17-15(14)13-19-16-9-3-4-10-18(16)21-17/h3-5,7,9-11,13H,6,8,12H2,1-2H3. The van der Waals surface area contributed by atoms with Crippen LogP contribution in [-0.2, 0) is 6.42 Å². The molecule has 21 heavy (non-hydrogen) atoms. The maximum absolute atomic E-state index is 6.04. The summed E-state index contributed by atoms with van der Waals surface area (Å²) in [4.78, 5) is 6.78. The zero-order chi connectivity index (χ0) is 14.7. The molecule has 3 nitrogen and oxygen atoms in total. The molecule has 108 valence electrons. The summed E-state index contributed by atoms with van der Waals surface area (Å²) in [6, 6.07) is 14.1. The van der Waals surface area contributed by atoms with Gasteiger partial charge in [-0.05, 0) is 57.2 Å². The number of fused-ring (bicyclic) bond motifs is 2. The molecule has 0 radical (unpaired) electrons. The van der Waals surface area contributed by atoms with Crippen molar-refractivity contribution in [2.75, 3.05) is 20.6 Å². The topological polar surface area (TPSA) is 24.8 Å². The lowest BCUT2D eigenvalue weighted by molar-refractivity contribution is 0.400. The minimum Gasteiger partial charge on any atom is -0.454 e. The zero-order valence-electron chi connectivity index (χ0n) is 12.5. The normalized spacial score (nSPS) is 12.5. The Morgan fingerprint density at radius 3 is 2.67 bits per heavy atom. The van der Waals surface area contributed by atoms with Crippen LogP contribution in [0.4, 0.5) is 5.69 Å². The van der Waals surface area contributed by atoms with Crippen LogP contribution in [0.1, 0.15) is 17.5 Å². The van der Waals surface area contributed by atoms with E-state index in [-0.39, 0.29) is 0 Å². The fraction of sp³-hybridized carbons (Fsp3) is 0.278. The van der Waals surface area contributed by atoms with Crippen molar-refractivity contribution in [2.45, 2.75) is 12.8 Å². The molecule has 0 fully saturated rings. The van der Waals surface area contributed by atoms with Crippen molar-refractivity contribution in [3.63, 3.8) is 0 Å². The maximum atomic E-state index is 6.04. The predicted octanol–water partition coefficient (Wildman–Crippen LogP) is 4.04. The van der Waals surface area contributed by atoms with Gasteiger partial charge in [-0.15, -0.1) is 0 Å². The summed E-state index contributed by atoms with van der Waals surface area (Å²) in [5.41, 5.74) is 3.28. The van der Waals surface area contributed by atoms with E-state index in [4.69, 9.17) is 4.74 Å². The molecule has 0 saturated heterocycles. The van der Waals surface area contributed by atoms with Crippen molar-refractivity contribution in [1.29, 1.82) is 0 Å². The monoisotopic (exact) mass is 280 g/mol. The second-order valence-electron chi connectivity index (χ2n) is 5.56. The molecular formula is C18H20N2O. The maximum Gasteiger partial charge on any atom is 0.153 e. The quantitative estimate of drug-likeness (QED) is 0.720. The highest BCUT2D eigenvalue weighted by molar-refractivity contribution is 5.89. The lowest BCUT2D eigenvalue weighted by atomic mass is 10.0. The molecule has 0 unspecified atom stereocenters. The van der Waals surface area contributed by atoms with Gasteiger partial charge in [0.2, 0.25) is 0 Å². The molecule has 1 aliphatic heterocycles. The summed E-state index contributed by atoms with van der Waals surface area (Å²) >= 11 is 0. The number of ether oxygens (including phenoxy) is 1. The van der Waals surface area contributed by atoms with E-state index in [0.29, 0.717) is 0 Å². The number of rotatable bonds is 4. The van der Waals surface area contributed by atoms with Gasteiger partial charge in [0.15, 0.2) is 5.75 Å². The SMILES string of the molecule is CN(C)CCCc1cccc2c1C=Nc1ccccc1O2. The Morgan fingerprint density at radius 1 is 1.00 bits per heavy atom. The molecule has 0 saturated carbocycles. The molecule has 3 heteroatoms. The van der Waals surface area contributed by atoms with Crippen LogP contribution in [0, 0.1) is 0 Å². The van der Waals surface area contributed by atoms with E-state index in [1.165, 1.54) is 5.56 Å². The second-order valence-corrected chi connectivity index (χ2v) is 5.56. The van der Waals surface area contributed by atoms with Gasteiger partial charge >= 0.3 is 0 Å². The lowest BCUT2D eigenvalue weighted by Crippen LogP contribution is -2.13. The number of nitrogens with zero attached hydrogens (tertiary/aromatic N) is 2. The van der Waals surface area contributed by atoms with Crippen LogP contribution in [0.25, 0.3) is 0 Å². The van der Waals surface area contributed by atoms with Gasteiger partial charge in [0.1, 0.15) is 11.4 Å². The van der Waals surface area contributed by atoms with Gasteiger partial charge in [-0.2, -0.15) is 0 Å². The Hall–Kier alpha value is -2.13. The first-order chi connectivity index (χ1) is 10.2. The molecular weight excluding hydrogens is 260 g/mol. The molecule has 1 heterocycles. The van der Waals surface area contributed by atoms with Gasteiger partial charge in [-0.1, -0.05) is 24.3 Å². The van der Waals surface area contributed by atoms with E-state index in [1.54, 1.807) is 0 Å². The highest BCUT2D eigenvalue weighted by atomic mass is 16.5. The molecule has 0 bridgehead atoms. The van der Waals surface area contributed by atoms with E-state index in [9.17, 15) is 0 Å². The third-order valence-corrected chi connectivity index (χ3v) is 3.63. The summed E-state index contributed by atoms with van der Waals surface area (Å²) in [6.07, 6.45) is 4.10. The molecule has 1 aliphatic rings. The molecule has 2 aromatic rings. The summed E-state index contributed by atoms with van der Waals surface area (Å²) in [5, 5.41) is 0. The largest absolute Gasteiger partial charge is 0.454 e. The van der Waals surface area contributed by atoms with Gasteiger partial charge in [0, 0.05) is 11.8 Å². The highest BCUT2D eigenvalue weighted by Gasteiger charge is 2.13. The molecule has 0 amide bonds. The predicted molar refractivity (Wildman–Crippen MR) is 87.1 cm³/mol. The van der Waals surface area contributed by atoms with Gasteiger partial charge < -0.3 is 9.64 Å². The van der Waals surface area contributed by atoms with Crippen LogP contribution in [-0.4, -0.2) is 31.8 Å². The average Bonchev–Trinajstić information content (AvgIpc) is 2.66. The molecule has 0 aliphatic carbocycles. The fourth-order valence-corrected chi connectivity index (χ4v) is 2.53. The van der Waals surface area contributed by atoms with Crippen molar-refractivity contribution in [1.82, 2.24) is 4.90 Å². The first-order valence-corrected chi connectivity index (χ1v) is 7.31. The van der Waals surface area contributed by atoms with Crippen molar-refractivity contribution in [2.24, 2.45) is 4.99 Å². The molecule has 0 aromatic heterocycles. The summed E-state index contributed by atoms with van der Waals surface area (Å²) < 4.78 is 6.04. The molecule has 0 N–H and O–H groups in total. The van der Waals surface area contributed by atoms with Crippen LogP contribution < -0.4 is 4.74 Å². The number of aliphatic imine (C=N–C) groups is 1. The van der Waals surface area contributed by atoms with Gasteiger partial charge in [0.25, 0.3) is 0 Å². The minimum absolute atomic E-state index is 0.818. The number of hydrogen-bond donors (Lipinski definition) is 0. The van der Waals surface area contributed by atoms with E-state index >= 15 is 0 Å². The fourth-order valence-electron chi connectivity index (χ4n) is 2.53. The van der Waals surface area contributed by atoms with Crippen molar-refractivity contribution < 1.29 is 4.74 Å². The Balaban J connectivity index is 1.89. The Kier molecular flexibility index (Phi) is 4.02. The smallest absolute Gasteiger partial charge is 0.153 e. The first-order valence-electron chi connectivity index (χ1n) is 7.31. The third kappa shape index (κ3) is 3.14. The summed E-state index contributed by atoms with van der Waals surface area (Å²) in [7, 11) is 4.21. The average molecular weight is 280 g/mol. The van der Waals surface area contributed by atoms with E-state index < -0.39 is 0 Å². The van der Waals surface area contributed by atoms with Gasteiger partial charge in [0.05, 0.1) is 0 Å². The number of para-hydroxylation sites is 2. The van der Waals surface area contributed by atoms with Crippen LogP contribution in [0.3, 0.4) is 0 Å². The van der Waals surface area contributed by atoms with Crippen LogP contribution in [0.5, 0.6) is 11.5 Å². The van der Waals surface area contributed by atoms with E-state index in [1.807, 2.05) is 36.5 Å². The van der Waals surface area contributed by atoms with Gasteiger partial charge in [-0.25, -0.2) is 0 Å². The highest BCUT2D eigenvalue weighted by Crippen LogP contribution is 2.36. The molecule has 3 rings (SSSR count). The summed E-state index contributed by atoms with van der Waals surface area (Å²) in [5.74, 6) is 1.71. The Labute approximate surface area is 125 Å². The second kappa shape index (κ2) is 6.10. The van der Waals surface area contributed by atoms with Crippen LogP contribution >= 0.6 is 0 Å². The minimum atomic E-state index is 0.818.